The number of nitrogens with one attached hydrogen (secondary N) is 1. The second kappa shape index (κ2) is 7.23. The van der Waals surface area contributed by atoms with Crippen molar-refractivity contribution >= 4 is 10.8 Å². The molecule has 1 N–H and O–H groups in total. The summed E-state index contributed by atoms with van der Waals surface area (Å²) in [6.07, 6.45) is 3.53. The van der Waals surface area contributed by atoms with Crippen LogP contribution in [-0.4, -0.2) is 22.6 Å². The first kappa shape index (κ1) is 15.5. The maximum atomic E-state index is 12.2. The smallest absolute Gasteiger partial charge is 0.123 e. The Hall–Kier alpha value is -0.870. The van der Waals surface area contributed by atoms with Gasteiger partial charge in [-0.15, -0.1) is 0 Å². The Morgan fingerprint density at radius 1 is 1.45 bits per heavy atom. The number of hydrogen-bond donors (Lipinski definition) is 1. The standard InChI is InChI=1S/C16H25NO2S/c1-4-12(2)20(18)11-14-9-13(5-8-16(14)19-3)10-17-15-6-7-15/h5,8-9,12,15,17H,4,6-7,10-11H2,1-3H3. The maximum absolute atomic E-state index is 12.2. The van der Waals surface area contributed by atoms with E-state index in [4.69, 9.17) is 4.74 Å². The average molecular weight is 295 g/mol. The highest BCUT2D eigenvalue weighted by atomic mass is 32.2. The van der Waals surface area contributed by atoms with Crippen molar-refractivity contribution in [3.8, 4) is 5.75 Å². The van der Waals surface area contributed by atoms with E-state index in [2.05, 4.69) is 24.4 Å². The van der Waals surface area contributed by atoms with Crippen molar-refractivity contribution in [1.29, 1.82) is 0 Å². The van der Waals surface area contributed by atoms with E-state index >= 15 is 0 Å². The lowest BCUT2D eigenvalue weighted by atomic mass is 10.1. The van der Waals surface area contributed by atoms with E-state index in [1.54, 1.807) is 7.11 Å². The highest BCUT2D eigenvalue weighted by Gasteiger charge is 2.20. The summed E-state index contributed by atoms with van der Waals surface area (Å²) in [5, 5.41) is 3.74. The van der Waals surface area contributed by atoms with E-state index in [1.165, 1.54) is 18.4 Å². The van der Waals surface area contributed by atoms with E-state index in [-0.39, 0.29) is 5.25 Å². The first-order chi connectivity index (χ1) is 9.63. The fraction of sp³-hybridized carbons (Fsp3) is 0.625. The molecule has 0 bridgehead atoms. The molecule has 0 saturated heterocycles. The van der Waals surface area contributed by atoms with Crippen LogP contribution >= 0.6 is 0 Å². The predicted octanol–water partition coefficient (Wildman–Crippen LogP) is 2.99. The topological polar surface area (TPSA) is 38.3 Å². The quantitative estimate of drug-likeness (QED) is 0.801. The highest BCUT2D eigenvalue weighted by molar-refractivity contribution is 7.84. The molecule has 20 heavy (non-hydrogen) atoms. The van der Waals surface area contributed by atoms with Gasteiger partial charge in [0.05, 0.1) is 12.9 Å². The molecule has 1 aliphatic rings. The van der Waals surface area contributed by atoms with Gasteiger partial charge in [0.15, 0.2) is 0 Å². The molecular formula is C16H25NO2S. The summed E-state index contributed by atoms with van der Waals surface area (Å²) in [6.45, 7) is 5.01. The molecular weight excluding hydrogens is 270 g/mol. The van der Waals surface area contributed by atoms with E-state index in [1.807, 2.05) is 13.0 Å². The normalized spacial score (nSPS) is 17.8. The molecule has 2 atom stereocenters. The van der Waals surface area contributed by atoms with Crippen molar-refractivity contribution in [2.24, 2.45) is 0 Å². The van der Waals surface area contributed by atoms with Crippen LogP contribution in [0.4, 0.5) is 0 Å². The molecule has 0 aromatic heterocycles. The van der Waals surface area contributed by atoms with Crippen LogP contribution in [0.3, 0.4) is 0 Å². The van der Waals surface area contributed by atoms with Gasteiger partial charge in [-0.05, 0) is 37.0 Å². The van der Waals surface area contributed by atoms with Crippen LogP contribution in [0.2, 0.25) is 0 Å². The summed E-state index contributed by atoms with van der Waals surface area (Å²) >= 11 is 0. The summed E-state index contributed by atoms with van der Waals surface area (Å²) in [7, 11) is 0.837. The molecule has 1 aromatic rings. The maximum Gasteiger partial charge on any atom is 0.123 e. The van der Waals surface area contributed by atoms with Crippen molar-refractivity contribution in [3.63, 3.8) is 0 Å². The van der Waals surface area contributed by atoms with Crippen LogP contribution < -0.4 is 10.1 Å². The van der Waals surface area contributed by atoms with Crippen LogP contribution in [0.15, 0.2) is 18.2 Å². The number of benzene rings is 1. The van der Waals surface area contributed by atoms with Crippen molar-refractivity contribution in [3.05, 3.63) is 29.3 Å². The molecule has 4 heteroatoms. The summed E-state index contributed by atoms with van der Waals surface area (Å²) < 4.78 is 17.6. The second-order valence-electron chi connectivity index (χ2n) is 5.55. The van der Waals surface area contributed by atoms with E-state index in [9.17, 15) is 4.21 Å². The van der Waals surface area contributed by atoms with E-state index in [0.29, 0.717) is 11.8 Å². The number of methoxy groups -OCH3 is 1. The molecule has 2 unspecified atom stereocenters. The molecule has 1 fully saturated rings. The first-order valence-corrected chi connectivity index (χ1v) is 8.78. The lowest BCUT2D eigenvalue weighted by molar-refractivity contribution is 0.411. The van der Waals surface area contributed by atoms with Gasteiger partial charge in [0.1, 0.15) is 5.75 Å². The number of ether oxygens (including phenoxy) is 1. The highest BCUT2D eigenvalue weighted by Crippen LogP contribution is 2.24. The number of rotatable bonds is 8. The average Bonchev–Trinajstić information content (AvgIpc) is 3.28. The molecule has 0 radical (unpaired) electrons. The molecule has 1 aromatic carbocycles. The molecule has 112 valence electrons. The van der Waals surface area contributed by atoms with Crippen LogP contribution in [-0.2, 0) is 23.1 Å². The Morgan fingerprint density at radius 3 is 2.80 bits per heavy atom. The van der Waals surface area contributed by atoms with Gasteiger partial charge in [-0.3, -0.25) is 4.21 Å². The van der Waals surface area contributed by atoms with Gasteiger partial charge in [-0.1, -0.05) is 19.9 Å². The molecule has 0 aliphatic heterocycles. The Bertz CT molecular complexity index is 472. The predicted molar refractivity (Wildman–Crippen MR) is 84.5 cm³/mol. The Labute approximate surface area is 124 Å². The summed E-state index contributed by atoms with van der Waals surface area (Å²) in [4.78, 5) is 0. The molecule has 0 amide bonds. The lowest BCUT2D eigenvalue weighted by Crippen LogP contribution is -2.16. The Morgan fingerprint density at radius 2 is 2.20 bits per heavy atom. The van der Waals surface area contributed by atoms with Gasteiger partial charge in [-0.25, -0.2) is 0 Å². The van der Waals surface area contributed by atoms with Crippen molar-refractivity contribution < 1.29 is 8.95 Å². The minimum Gasteiger partial charge on any atom is -0.496 e. The largest absolute Gasteiger partial charge is 0.496 e. The molecule has 0 heterocycles. The van der Waals surface area contributed by atoms with E-state index in [0.717, 1.165) is 24.3 Å². The van der Waals surface area contributed by atoms with Gasteiger partial charge in [-0.2, -0.15) is 0 Å². The zero-order valence-corrected chi connectivity index (χ0v) is 13.5. The minimum atomic E-state index is -0.837. The summed E-state index contributed by atoms with van der Waals surface area (Å²) in [6, 6.07) is 6.92. The van der Waals surface area contributed by atoms with Crippen LogP contribution in [0, 0.1) is 0 Å². The second-order valence-corrected chi connectivity index (χ2v) is 7.40. The fourth-order valence-corrected chi connectivity index (χ4v) is 3.27. The molecule has 3 nitrogen and oxygen atoms in total. The van der Waals surface area contributed by atoms with Gasteiger partial charge >= 0.3 is 0 Å². The zero-order chi connectivity index (χ0) is 14.5. The number of hydrogen-bond acceptors (Lipinski definition) is 3. The molecule has 1 aliphatic carbocycles. The summed E-state index contributed by atoms with van der Waals surface area (Å²) in [5.41, 5.74) is 2.30. The Balaban J connectivity index is 2.06. The van der Waals surface area contributed by atoms with Gasteiger partial charge in [0.25, 0.3) is 0 Å². The SMILES string of the molecule is CCC(C)S(=O)Cc1cc(CNC2CC2)ccc1OC. The lowest BCUT2D eigenvalue weighted by Gasteiger charge is -2.13. The van der Waals surface area contributed by atoms with E-state index < -0.39 is 10.8 Å². The van der Waals surface area contributed by atoms with Gasteiger partial charge in [0, 0.05) is 34.2 Å². The van der Waals surface area contributed by atoms with Gasteiger partial charge in [0.2, 0.25) is 0 Å². The monoisotopic (exact) mass is 295 g/mol. The fourth-order valence-electron chi connectivity index (χ4n) is 2.09. The van der Waals surface area contributed by atoms with Crippen LogP contribution in [0.25, 0.3) is 0 Å². The molecule has 2 rings (SSSR count). The van der Waals surface area contributed by atoms with Crippen LogP contribution in [0.1, 0.15) is 44.2 Å². The minimum absolute atomic E-state index is 0.230. The third kappa shape index (κ3) is 4.32. The third-order valence-corrected chi connectivity index (χ3v) is 5.66. The van der Waals surface area contributed by atoms with Crippen molar-refractivity contribution in [2.45, 2.75) is 56.7 Å². The van der Waals surface area contributed by atoms with Crippen molar-refractivity contribution in [1.82, 2.24) is 5.32 Å². The van der Waals surface area contributed by atoms with Crippen molar-refractivity contribution in [2.75, 3.05) is 7.11 Å². The van der Waals surface area contributed by atoms with Crippen LogP contribution in [0.5, 0.6) is 5.75 Å². The summed E-state index contributed by atoms with van der Waals surface area (Å²) in [5.74, 6) is 1.42. The Kier molecular flexibility index (Phi) is 5.61. The molecule has 1 saturated carbocycles. The first-order valence-electron chi connectivity index (χ1n) is 7.40. The third-order valence-electron chi connectivity index (χ3n) is 3.84. The zero-order valence-electron chi connectivity index (χ0n) is 12.6. The molecule has 0 spiro atoms. The van der Waals surface area contributed by atoms with Gasteiger partial charge < -0.3 is 10.1 Å².